The highest BCUT2D eigenvalue weighted by Crippen LogP contribution is 2.28. The second kappa shape index (κ2) is 4.75. The van der Waals surface area contributed by atoms with Crippen LogP contribution < -0.4 is 5.73 Å². The van der Waals surface area contributed by atoms with E-state index in [-0.39, 0.29) is 6.04 Å². The van der Waals surface area contributed by atoms with Crippen LogP contribution >= 0.6 is 15.9 Å². The molecule has 0 spiro atoms. The second-order valence-electron chi connectivity index (χ2n) is 4.41. The van der Waals surface area contributed by atoms with Crippen LogP contribution in [0.2, 0.25) is 0 Å². The Balaban J connectivity index is 2.14. The molecule has 0 aliphatic carbocycles. The van der Waals surface area contributed by atoms with E-state index in [1.54, 1.807) is 10.9 Å². The van der Waals surface area contributed by atoms with Gasteiger partial charge in [0.25, 0.3) is 0 Å². The monoisotopic (exact) mass is 316 g/mol. The zero-order valence-electron chi connectivity index (χ0n) is 10.4. The number of para-hydroxylation sites is 1. The maximum atomic E-state index is 6.30. The van der Waals surface area contributed by atoms with Crippen LogP contribution in [0.4, 0.5) is 0 Å². The fraction of sp³-hybridized carbons (Fsp3) is 0.143. The minimum Gasteiger partial charge on any atom is -0.318 e. The molecule has 3 rings (SSSR count). The third-order valence-corrected chi connectivity index (χ3v) is 3.81. The average molecular weight is 317 g/mol. The highest BCUT2D eigenvalue weighted by Gasteiger charge is 2.17. The molecule has 0 amide bonds. The first-order valence-electron chi connectivity index (χ1n) is 5.95. The summed E-state index contributed by atoms with van der Waals surface area (Å²) in [6.45, 7) is 0. The minimum absolute atomic E-state index is 0.300. The Hall–Kier alpha value is -1.72. The van der Waals surface area contributed by atoms with E-state index in [4.69, 9.17) is 5.73 Å². The lowest BCUT2D eigenvalue weighted by atomic mass is 10.1. The number of halogens is 1. The number of hydrogen-bond acceptors (Lipinski definition) is 3. The summed E-state index contributed by atoms with van der Waals surface area (Å²) < 4.78 is 2.69. The first kappa shape index (κ1) is 12.3. The van der Waals surface area contributed by atoms with Crippen molar-refractivity contribution in [2.75, 3.05) is 0 Å². The summed E-state index contributed by atoms with van der Waals surface area (Å²) in [6, 6.07) is 11.7. The third-order valence-electron chi connectivity index (χ3n) is 3.18. The van der Waals surface area contributed by atoms with E-state index in [1.165, 1.54) is 0 Å². The number of aryl methyl sites for hydroxylation is 1. The lowest BCUT2D eigenvalue weighted by Crippen LogP contribution is -2.18. The maximum absolute atomic E-state index is 6.30. The van der Waals surface area contributed by atoms with Crippen LogP contribution in [0, 0.1) is 0 Å². The lowest BCUT2D eigenvalue weighted by molar-refractivity contribution is 0.664. The highest BCUT2D eigenvalue weighted by atomic mass is 79.9. The first-order chi connectivity index (χ1) is 9.16. The Labute approximate surface area is 119 Å². The van der Waals surface area contributed by atoms with Gasteiger partial charge < -0.3 is 5.73 Å². The minimum atomic E-state index is -0.300. The topological polar surface area (TPSA) is 56.7 Å². The summed E-state index contributed by atoms with van der Waals surface area (Å²) in [4.78, 5) is 4.66. The maximum Gasteiger partial charge on any atom is 0.0908 e. The van der Waals surface area contributed by atoms with Crippen molar-refractivity contribution >= 4 is 26.8 Å². The van der Waals surface area contributed by atoms with Crippen molar-refractivity contribution in [1.82, 2.24) is 14.8 Å². The van der Waals surface area contributed by atoms with Crippen molar-refractivity contribution in [2.24, 2.45) is 12.8 Å². The zero-order chi connectivity index (χ0) is 13.4. The van der Waals surface area contributed by atoms with Gasteiger partial charge in [0, 0.05) is 23.1 Å². The van der Waals surface area contributed by atoms with Gasteiger partial charge in [0.15, 0.2) is 0 Å². The standard InChI is InChI=1S/C14H13BrN4/c1-19-12(6-7-17-19)13(16)14-10(15)8-9-4-2-3-5-11(9)18-14/h2-8,13H,16H2,1H3. The van der Waals surface area contributed by atoms with Crippen LogP contribution in [0.3, 0.4) is 0 Å². The number of nitrogens with zero attached hydrogens (tertiary/aromatic N) is 3. The molecule has 19 heavy (non-hydrogen) atoms. The molecular formula is C14H13BrN4. The smallest absolute Gasteiger partial charge is 0.0908 e. The molecule has 3 aromatic rings. The molecular weight excluding hydrogens is 304 g/mol. The number of benzene rings is 1. The predicted octanol–water partition coefficient (Wildman–Crippen LogP) is 2.78. The van der Waals surface area contributed by atoms with Crippen molar-refractivity contribution in [1.29, 1.82) is 0 Å². The molecule has 0 aliphatic rings. The Morgan fingerprint density at radius 2 is 2.05 bits per heavy atom. The molecule has 0 aliphatic heterocycles. The molecule has 0 bridgehead atoms. The summed E-state index contributed by atoms with van der Waals surface area (Å²) in [6.07, 6.45) is 1.74. The summed E-state index contributed by atoms with van der Waals surface area (Å²) >= 11 is 3.56. The molecule has 1 atom stereocenters. The van der Waals surface area contributed by atoms with E-state index in [1.807, 2.05) is 43.4 Å². The van der Waals surface area contributed by atoms with Crippen LogP contribution in [0.1, 0.15) is 17.4 Å². The molecule has 2 heterocycles. The largest absolute Gasteiger partial charge is 0.318 e. The van der Waals surface area contributed by atoms with Crippen LogP contribution in [-0.4, -0.2) is 14.8 Å². The first-order valence-corrected chi connectivity index (χ1v) is 6.75. The summed E-state index contributed by atoms with van der Waals surface area (Å²) in [5.74, 6) is 0. The van der Waals surface area contributed by atoms with Crippen LogP contribution in [0.15, 0.2) is 47.1 Å². The van der Waals surface area contributed by atoms with Gasteiger partial charge in [0.1, 0.15) is 0 Å². The van der Waals surface area contributed by atoms with Gasteiger partial charge in [-0.3, -0.25) is 4.68 Å². The Morgan fingerprint density at radius 3 is 2.79 bits per heavy atom. The fourth-order valence-electron chi connectivity index (χ4n) is 2.15. The van der Waals surface area contributed by atoms with Gasteiger partial charge in [0.05, 0.1) is 22.9 Å². The summed E-state index contributed by atoms with van der Waals surface area (Å²) in [5.41, 5.74) is 9.00. The van der Waals surface area contributed by atoms with E-state index in [0.29, 0.717) is 0 Å². The molecule has 4 nitrogen and oxygen atoms in total. The van der Waals surface area contributed by atoms with Gasteiger partial charge in [0.2, 0.25) is 0 Å². The van der Waals surface area contributed by atoms with E-state index < -0.39 is 0 Å². The van der Waals surface area contributed by atoms with E-state index in [0.717, 1.165) is 26.8 Å². The molecule has 0 saturated heterocycles. The molecule has 96 valence electrons. The van der Waals surface area contributed by atoms with E-state index >= 15 is 0 Å². The van der Waals surface area contributed by atoms with E-state index in [9.17, 15) is 0 Å². The van der Waals surface area contributed by atoms with Crippen molar-refractivity contribution < 1.29 is 0 Å². The number of aromatic nitrogens is 3. The molecule has 0 radical (unpaired) electrons. The Kier molecular flexibility index (Phi) is 3.08. The Morgan fingerprint density at radius 1 is 1.26 bits per heavy atom. The van der Waals surface area contributed by atoms with Crippen LogP contribution in [-0.2, 0) is 7.05 Å². The molecule has 2 aromatic heterocycles. The molecule has 0 saturated carbocycles. The number of hydrogen-bond donors (Lipinski definition) is 1. The van der Waals surface area contributed by atoms with Gasteiger partial charge in [-0.15, -0.1) is 0 Å². The third kappa shape index (κ3) is 2.15. The van der Waals surface area contributed by atoms with Gasteiger partial charge in [-0.05, 0) is 34.1 Å². The summed E-state index contributed by atoms with van der Waals surface area (Å²) in [5, 5.41) is 5.24. The quantitative estimate of drug-likeness (QED) is 0.791. The molecule has 1 unspecified atom stereocenters. The fourth-order valence-corrected chi connectivity index (χ4v) is 2.73. The van der Waals surface area contributed by atoms with Gasteiger partial charge >= 0.3 is 0 Å². The Bertz CT molecular complexity index is 735. The number of fused-ring (bicyclic) bond motifs is 1. The predicted molar refractivity (Wildman–Crippen MR) is 78.7 cm³/mol. The normalized spacial score (nSPS) is 12.8. The second-order valence-corrected chi connectivity index (χ2v) is 5.26. The van der Waals surface area contributed by atoms with Crippen molar-refractivity contribution in [3.8, 4) is 0 Å². The van der Waals surface area contributed by atoms with Gasteiger partial charge in [-0.25, -0.2) is 4.98 Å². The zero-order valence-corrected chi connectivity index (χ0v) is 12.0. The van der Waals surface area contributed by atoms with Crippen LogP contribution in [0.5, 0.6) is 0 Å². The lowest BCUT2D eigenvalue weighted by Gasteiger charge is -2.14. The number of pyridine rings is 1. The average Bonchev–Trinajstić information content (AvgIpc) is 2.83. The summed E-state index contributed by atoms with van der Waals surface area (Å²) in [7, 11) is 1.88. The number of nitrogens with two attached hydrogens (primary N) is 1. The molecule has 1 aromatic carbocycles. The van der Waals surface area contributed by atoms with Crippen molar-refractivity contribution in [2.45, 2.75) is 6.04 Å². The number of rotatable bonds is 2. The van der Waals surface area contributed by atoms with Gasteiger partial charge in [-0.2, -0.15) is 5.10 Å². The van der Waals surface area contributed by atoms with Crippen molar-refractivity contribution in [3.05, 3.63) is 58.5 Å². The SMILES string of the molecule is Cn1nccc1C(N)c1nc2ccccc2cc1Br. The molecule has 5 heteroatoms. The molecule has 0 fully saturated rings. The van der Waals surface area contributed by atoms with Gasteiger partial charge in [-0.1, -0.05) is 18.2 Å². The van der Waals surface area contributed by atoms with Crippen LogP contribution in [0.25, 0.3) is 10.9 Å². The molecule has 2 N–H and O–H groups in total. The van der Waals surface area contributed by atoms with Crippen molar-refractivity contribution in [3.63, 3.8) is 0 Å². The van der Waals surface area contributed by atoms with E-state index in [2.05, 4.69) is 26.0 Å². The highest BCUT2D eigenvalue weighted by molar-refractivity contribution is 9.10.